The van der Waals surface area contributed by atoms with Crippen molar-refractivity contribution in [2.75, 3.05) is 26.9 Å². The van der Waals surface area contributed by atoms with Gasteiger partial charge in [0, 0.05) is 26.4 Å². The molecule has 0 aromatic carbocycles. The molecular weight excluding hydrogens is 130 g/mol. The summed E-state index contributed by atoms with van der Waals surface area (Å²) in [5.74, 6) is 0. The van der Waals surface area contributed by atoms with E-state index >= 15 is 0 Å². The maximum absolute atomic E-state index is 5.45. The molecule has 0 unspecified atom stereocenters. The third-order valence-corrected chi connectivity index (χ3v) is 1.02. The molecule has 3 heteroatoms. The number of nitrogens with two attached hydrogens (primary N) is 1. The third-order valence-electron chi connectivity index (χ3n) is 1.02. The lowest BCUT2D eigenvalue weighted by atomic mass is 10.4. The first kappa shape index (κ1) is 9.88. The van der Waals surface area contributed by atoms with Crippen molar-refractivity contribution in [2.24, 2.45) is 5.73 Å². The smallest absolute Gasteiger partial charge is 0.0614 e. The Balaban J connectivity index is 2.77. The molecule has 0 aliphatic heterocycles. The molecular formula is C7H17NO2. The Labute approximate surface area is 62.5 Å². The molecule has 3 nitrogen and oxygen atoms in total. The first-order valence-electron chi connectivity index (χ1n) is 3.59. The number of methoxy groups -OCH3 is 1. The van der Waals surface area contributed by atoms with Crippen molar-refractivity contribution in [2.45, 2.75) is 19.4 Å². The van der Waals surface area contributed by atoms with Crippen LogP contribution in [0.15, 0.2) is 0 Å². The van der Waals surface area contributed by atoms with Crippen molar-refractivity contribution in [1.29, 1.82) is 0 Å². The first-order chi connectivity index (χ1) is 4.77. The minimum absolute atomic E-state index is 0.141. The van der Waals surface area contributed by atoms with E-state index in [4.69, 9.17) is 15.2 Å². The second-order valence-corrected chi connectivity index (χ2v) is 2.40. The van der Waals surface area contributed by atoms with E-state index in [-0.39, 0.29) is 6.04 Å². The summed E-state index contributed by atoms with van der Waals surface area (Å²) in [4.78, 5) is 0. The van der Waals surface area contributed by atoms with Crippen LogP contribution in [-0.4, -0.2) is 33.0 Å². The van der Waals surface area contributed by atoms with E-state index in [1.165, 1.54) is 0 Å². The predicted molar refractivity (Wildman–Crippen MR) is 41.0 cm³/mol. The highest BCUT2D eigenvalue weighted by atomic mass is 16.5. The quantitative estimate of drug-likeness (QED) is 0.553. The van der Waals surface area contributed by atoms with E-state index in [0.717, 1.165) is 19.6 Å². The highest BCUT2D eigenvalue weighted by Gasteiger charge is 1.92. The van der Waals surface area contributed by atoms with E-state index in [1.54, 1.807) is 7.11 Å². The average Bonchev–Trinajstić information content (AvgIpc) is 1.87. The molecule has 0 aliphatic rings. The van der Waals surface area contributed by atoms with Crippen LogP contribution in [0, 0.1) is 0 Å². The summed E-state index contributed by atoms with van der Waals surface area (Å²) in [5.41, 5.74) is 5.45. The first-order valence-corrected chi connectivity index (χ1v) is 3.59. The Kier molecular flexibility index (Phi) is 6.91. The number of rotatable bonds is 6. The van der Waals surface area contributed by atoms with Crippen LogP contribution in [0.1, 0.15) is 13.3 Å². The normalized spacial score (nSPS) is 13.5. The summed E-state index contributed by atoms with van der Waals surface area (Å²) in [6.07, 6.45) is 0.948. The van der Waals surface area contributed by atoms with Crippen molar-refractivity contribution < 1.29 is 9.47 Å². The van der Waals surface area contributed by atoms with Gasteiger partial charge < -0.3 is 15.2 Å². The van der Waals surface area contributed by atoms with Gasteiger partial charge in [-0.25, -0.2) is 0 Å². The zero-order valence-electron chi connectivity index (χ0n) is 6.80. The van der Waals surface area contributed by atoms with E-state index < -0.39 is 0 Å². The van der Waals surface area contributed by atoms with E-state index in [2.05, 4.69) is 0 Å². The molecule has 0 saturated carbocycles. The molecule has 10 heavy (non-hydrogen) atoms. The van der Waals surface area contributed by atoms with Gasteiger partial charge in [-0.05, 0) is 13.3 Å². The summed E-state index contributed by atoms with van der Waals surface area (Å²) < 4.78 is 10.0. The maximum Gasteiger partial charge on any atom is 0.0614 e. The second-order valence-electron chi connectivity index (χ2n) is 2.40. The minimum atomic E-state index is 0.141. The lowest BCUT2D eigenvalue weighted by Crippen LogP contribution is -2.22. The van der Waals surface area contributed by atoms with Crippen LogP contribution in [-0.2, 0) is 9.47 Å². The molecule has 0 aromatic heterocycles. The fourth-order valence-corrected chi connectivity index (χ4v) is 0.575. The van der Waals surface area contributed by atoms with Gasteiger partial charge in [0.1, 0.15) is 0 Å². The Hall–Kier alpha value is -0.120. The molecule has 0 spiro atoms. The monoisotopic (exact) mass is 147 g/mol. The molecule has 1 atom stereocenters. The van der Waals surface area contributed by atoms with Gasteiger partial charge in [-0.1, -0.05) is 0 Å². The highest BCUT2D eigenvalue weighted by Crippen LogP contribution is 1.84. The van der Waals surface area contributed by atoms with E-state index in [0.29, 0.717) is 6.61 Å². The molecule has 0 aromatic rings. The number of ether oxygens (including phenoxy) is 2. The standard InChI is InChI=1S/C7H17NO2/c1-7(8)6-10-5-3-4-9-2/h7H,3-6,8H2,1-2H3/t7-/m1/s1. The fraction of sp³-hybridized carbons (Fsp3) is 1.00. The van der Waals surface area contributed by atoms with Gasteiger partial charge in [0.15, 0.2) is 0 Å². The molecule has 0 rings (SSSR count). The van der Waals surface area contributed by atoms with Gasteiger partial charge in [0.25, 0.3) is 0 Å². The largest absolute Gasteiger partial charge is 0.385 e. The summed E-state index contributed by atoms with van der Waals surface area (Å²) in [5, 5.41) is 0. The van der Waals surface area contributed by atoms with Crippen LogP contribution in [0.2, 0.25) is 0 Å². The molecule has 0 heterocycles. The van der Waals surface area contributed by atoms with Gasteiger partial charge >= 0.3 is 0 Å². The number of hydrogen-bond donors (Lipinski definition) is 1. The molecule has 0 bridgehead atoms. The molecule has 2 N–H and O–H groups in total. The highest BCUT2D eigenvalue weighted by molar-refractivity contribution is 4.48. The van der Waals surface area contributed by atoms with Crippen LogP contribution < -0.4 is 5.73 Å². The van der Waals surface area contributed by atoms with Gasteiger partial charge in [-0.2, -0.15) is 0 Å². The van der Waals surface area contributed by atoms with E-state index in [1.807, 2.05) is 6.92 Å². The molecule has 0 amide bonds. The van der Waals surface area contributed by atoms with Crippen LogP contribution in [0.4, 0.5) is 0 Å². The van der Waals surface area contributed by atoms with Crippen LogP contribution in [0.25, 0.3) is 0 Å². The Morgan fingerprint density at radius 2 is 2.10 bits per heavy atom. The molecule has 0 radical (unpaired) electrons. The topological polar surface area (TPSA) is 44.5 Å². The fourth-order valence-electron chi connectivity index (χ4n) is 0.575. The van der Waals surface area contributed by atoms with Crippen molar-refractivity contribution in [1.82, 2.24) is 0 Å². The molecule has 62 valence electrons. The van der Waals surface area contributed by atoms with Gasteiger partial charge in [-0.15, -0.1) is 0 Å². The Bertz CT molecular complexity index is 66.6. The maximum atomic E-state index is 5.45. The SMILES string of the molecule is COCCCOC[C@@H](C)N. The Morgan fingerprint density at radius 1 is 1.40 bits per heavy atom. The van der Waals surface area contributed by atoms with Gasteiger partial charge in [-0.3, -0.25) is 0 Å². The summed E-state index contributed by atoms with van der Waals surface area (Å²) >= 11 is 0. The summed E-state index contributed by atoms with van der Waals surface area (Å²) in [6, 6.07) is 0.141. The van der Waals surface area contributed by atoms with Crippen LogP contribution >= 0.6 is 0 Å². The third kappa shape index (κ3) is 7.88. The summed E-state index contributed by atoms with van der Waals surface area (Å²) in [7, 11) is 1.69. The zero-order chi connectivity index (χ0) is 7.82. The minimum Gasteiger partial charge on any atom is -0.385 e. The molecule has 0 aliphatic carbocycles. The van der Waals surface area contributed by atoms with Gasteiger partial charge in [0.05, 0.1) is 6.61 Å². The second kappa shape index (κ2) is 6.99. The lowest BCUT2D eigenvalue weighted by molar-refractivity contribution is 0.0965. The molecule has 0 saturated heterocycles. The Morgan fingerprint density at radius 3 is 2.60 bits per heavy atom. The van der Waals surface area contributed by atoms with Crippen LogP contribution in [0.3, 0.4) is 0 Å². The average molecular weight is 147 g/mol. The van der Waals surface area contributed by atoms with E-state index in [9.17, 15) is 0 Å². The van der Waals surface area contributed by atoms with Gasteiger partial charge in [0.2, 0.25) is 0 Å². The lowest BCUT2D eigenvalue weighted by Gasteiger charge is -2.05. The predicted octanol–water partition coefficient (Wildman–Crippen LogP) is 0.387. The van der Waals surface area contributed by atoms with Crippen molar-refractivity contribution in [3.63, 3.8) is 0 Å². The summed E-state index contributed by atoms with van der Waals surface area (Å²) in [6.45, 7) is 4.08. The van der Waals surface area contributed by atoms with Crippen LogP contribution in [0.5, 0.6) is 0 Å². The van der Waals surface area contributed by atoms with Crippen molar-refractivity contribution in [3.05, 3.63) is 0 Å². The molecule has 0 fully saturated rings. The zero-order valence-corrected chi connectivity index (χ0v) is 6.80. The van der Waals surface area contributed by atoms with Crippen molar-refractivity contribution in [3.8, 4) is 0 Å². The number of hydrogen-bond acceptors (Lipinski definition) is 3. The van der Waals surface area contributed by atoms with Crippen molar-refractivity contribution >= 4 is 0 Å².